The summed E-state index contributed by atoms with van der Waals surface area (Å²) in [5.41, 5.74) is 1.81. The molecule has 0 heterocycles. The molecule has 136 valence electrons. The summed E-state index contributed by atoms with van der Waals surface area (Å²) in [6.07, 6.45) is 2.32. The number of nitrogens with one attached hydrogen (secondary N) is 1. The first-order valence-corrected chi connectivity index (χ1v) is 9.36. The lowest BCUT2D eigenvalue weighted by Crippen LogP contribution is -2.14. The standard InChI is InChI=1S/C19H22BrClFNO2/c1-3-4-7-23-11-13-8-16(20)19(18(9-13)24-2)25-12-14-5-6-15(22)10-17(14)21/h5-6,8-10,23H,3-4,7,11-12H2,1-2H3. The molecule has 2 rings (SSSR count). The maximum absolute atomic E-state index is 13.1. The van der Waals surface area contributed by atoms with Crippen molar-refractivity contribution >= 4 is 27.5 Å². The number of methoxy groups -OCH3 is 1. The molecule has 2 aromatic rings. The second kappa shape index (κ2) is 10.00. The zero-order valence-corrected chi connectivity index (χ0v) is 16.7. The lowest BCUT2D eigenvalue weighted by Gasteiger charge is -2.15. The van der Waals surface area contributed by atoms with E-state index >= 15 is 0 Å². The molecule has 0 radical (unpaired) electrons. The molecule has 6 heteroatoms. The Labute approximate surface area is 161 Å². The first-order valence-electron chi connectivity index (χ1n) is 8.19. The van der Waals surface area contributed by atoms with E-state index in [1.807, 2.05) is 12.1 Å². The van der Waals surface area contributed by atoms with Crippen molar-refractivity contribution in [1.82, 2.24) is 5.32 Å². The topological polar surface area (TPSA) is 30.5 Å². The fraction of sp³-hybridized carbons (Fsp3) is 0.368. The van der Waals surface area contributed by atoms with Crippen molar-refractivity contribution in [1.29, 1.82) is 0 Å². The first-order chi connectivity index (χ1) is 12.0. The predicted octanol–water partition coefficient (Wildman–Crippen LogP) is 5.72. The third kappa shape index (κ3) is 5.87. The lowest BCUT2D eigenvalue weighted by atomic mass is 10.2. The van der Waals surface area contributed by atoms with Crippen LogP contribution in [-0.4, -0.2) is 13.7 Å². The van der Waals surface area contributed by atoms with Crippen molar-refractivity contribution in [3.05, 3.63) is 56.8 Å². The highest BCUT2D eigenvalue weighted by Crippen LogP contribution is 2.37. The number of ether oxygens (including phenoxy) is 2. The summed E-state index contributed by atoms with van der Waals surface area (Å²) in [5.74, 6) is 0.868. The van der Waals surface area contributed by atoms with Crippen LogP contribution in [0.15, 0.2) is 34.8 Å². The van der Waals surface area contributed by atoms with Crippen LogP contribution in [0.5, 0.6) is 11.5 Å². The van der Waals surface area contributed by atoms with E-state index < -0.39 is 0 Å². The Balaban J connectivity index is 2.09. The van der Waals surface area contributed by atoms with E-state index in [0.717, 1.165) is 29.5 Å². The summed E-state index contributed by atoms with van der Waals surface area (Å²) in [7, 11) is 1.60. The van der Waals surface area contributed by atoms with Crippen molar-refractivity contribution in [3.63, 3.8) is 0 Å². The van der Waals surface area contributed by atoms with Crippen LogP contribution in [-0.2, 0) is 13.2 Å². The minimum absolute atomic E-state index is 0.224. The zero-order valence-electron chi connectivity index (χ0n) is 14.4. The molecular formula is C19H22BrClFNO2. The largest absolute Gasteiger partial charge is 0.493 e. The van der Waals surface area contributed by atoms with Gasteiger partial charge in [-0.2, -0.15) is 0 Å². The smallest absolute Gasteiger partial charge is 0.175 e. The Kier molecular flexibility index (Phi) is 8.00. The maximum atomic E-state index is 13.1. The zero-order chi connectivity index (χ0) is 18.2. The molecule has 0 spiro atoms. The van der Waals surface area contributed by atoms with Gasteiger partial charge in [-0.15, -0.1) is 0 Å². The first kappa shape index (κ1) is 20.0. The third-order valence-electron chi connectivity index (χ3n) is 3.71. The van der Waals surface area contributed by atoms with Gasteiger partial charge in [0.1, 0.15) is 12.4 Å². The summed E-state index contributed by atoms with van der Waals surface area (Å²) in [4.78, 5) is 0. The van der Waals surface area contributed by atoms with Crippen LogP contribution in [0.4, 0.5) is 4.39 Å². The fourth-order valence-corrected chi connectivity index (χ4v) is 3.16. The molecule has 0 aliphatic rings. The van der Waals surface area contributed by atoms with Crippen molar-refractivity contribution < 1.29 is 13.9 Å². The molecule has 0 fully saturated rings. The van der Waals surface area contributed by atoms with E-state index in [1.54, 1.807) is 13.2 Å². The molecule has 25 heavy (non-hydrogen) atoms. The van der Waals surface area contributed by atoms with Gasteiger partial charge in [0.05, 0.1) is 16.6 Å². The molecule has 0 amide bonds. The van der Waals surface area contributed by atoms with E-state index in [-0.39, 0.29) is 12.4 Å². The molecule has 3 nitrogen and oxygen atoms in total. The summed E-state index contributed by atoms with van der Waals surface area (Å²) >= 11 is 9.59. The van der Waals surface area contributed by atoms with E-state index in [2.05, 4.69) is 28.2 Å². The lowest BCUT2D eigenvalue weighted by molar-refractivity contribution is 0.282. The summed E-state index contributed by atoms with van der Waals surface area (Å²) < 4.78 is 25.3. The summed E-state index contributed by atoms with van der Waals surface area (Å²) in [6, 6.07) is 8.21. The van der Waals surface area contributed by atoms with Crippen molar-refractivity contribution in [2.45, 2.75) is 32.9 Å². The van der Waals surface area contributed by atoms with Crippen molar-refractivity contribution in [2.24, 2.45) is 0 Å². The molecule has 0 aliphatic carbocycles. The Bertz CT molecular complexity index is 712. The number of hydrogen-bond donors (Lipinski definition) is 1. The highest BCUT2D eigenvalue weighted by molar-refractivity contribution is 9.10. The third-order valence-corrected chi connectivity index (χ3v) is 4.65. The van der Waals surface area contributed by atoms with Gasteiger partial charge >= 0.3 is 0 Å². The van der Waals surface area contributed by atoms with Gasteiger partial charge < -0.3 is 14.8 Å². The average molecular weight is 431 g/mol. The quantitative estimate of drug-likeness (QED) is 0.516. The summed E-state index contributed by atoms with van der Waals surface area (Å²) in [6.45, 7) is 4.14. The Morgan fingerprint density at radius 3 is 2.72 bits per heavy atom. The summed E-state index contributed by atoms with van der Waals surface area (Å²) in [5, 5.41) is 3.74. The maximum Gasteiger partial charge on any atom is 0.175 e. The molecule has 0 aliphatic heterocycles. The van der Waals surface area contributed by atoms with Crippen molar-refractivity contribution in [2.75, 3.05) is 13.7 Å². The van der Waals surface area contributed by atoms with Crippen LogP contribution in [0.3, 0.4) is 0 Å². The van der Waals surface area contributed by atoms with Crippen LogP contribution in [0, 0.1) is 5.82 Å². The second-order valence-electron chi connectivity index (χ2n) is 5.66. The van der Waals surface area contributed by atoms with Gasteiger partial charge in [0.2, 0.25) is 0 Å². The normalized spacial score (nSPS) is 10.8. The van der Waals surface area contributed by atoms with Crippen molar-refractivity contribution in [3.8, 4) is 11.5 Å². The molecule has 0 saturated heterocycles. The second-order valence-corrected chi connectivity index (χ2v) is 6.93. The number of benzene rings is 2. The van der Waals surface area contributed by atoms with Crippen LogP contribution in [0.2, 0.25) is 5.02 Å². The number of hydrogen-bond acceptors (Lipinski definition) is 3. The van der Waals surface area contributed by atoms with Gasteiger partial charge in [0, 0.05) is 12.1 Å². The van der Waals surface area contributed by atoms with Crippen LogP contribution < -0.4 is 14.8 Å². The Morgan fingerprint density at radius 2 is 2.04 bits per heavy atom. The van der Waals surface area contributed by atoms with E-state index in [1.165, 1.54) is 18.6 Å². The van der Waals surface area contributed by atoms with Crippen LogP contribution in [0.1, 0.15) is 30.9 Å². The Morgan fingerprint density at radius 1 is 1.24 bits per heavy atom. The number of rotatable bonds is 9. The SMILES string of the molecule is CCCCNCc1cc(Br)c(OCc2ccc(F)cc2Cl)c(OC)c1. The monoisotopic (exact) mass is 429 g/mol. The van der Waals surface area contributed by atoms with Gasteiger partial charge in [-0.05, 0) is 58.7 Å². The molecule has 0 atom stereocenters. The van der Waals surface area contributed by atoms with Gasteiger partial charge in [0.25, 0.3) is 0 Å². The van der Waals surface area contributed by atoms with E-state index in [0.29, 0.717) is 22.1 Å². The number of unbranched alkanes of at least 4 members (excludes halogenated alkanes) is 1. The Hall–Kier alpha value is -1.30. The van der Waals surface area contributed by atoms with E-state index in [9.17, 15) is 4.39 Å². The molecule has 1 N–H and O–H groups in total. The molecule has 0 bridgehead atoms. The fourth-order valence-electron chi connectivity index (χ4n) is 2.34. The van der Waals surface area contributed by atoms with Gasteiger partial charge in [-0.3, -0.25) is 0 Å². The highest BCUT2D eigenvalue weighted by Gasteiger charge is 2.13. The minimum atomic E-state index is -0.368. The molecule has 0 saturated carbocycles. The average Bonchev–Trinajstić information content (AvgIpc) is 2.58. The highest BCUT2D eigenvalue weighted by atomic mass is 79.9. The molecule has 2 aromatic carbocycles. The molecule has 0 unspecified atom stereocenters. The van der Waals surface area contributed by atoms with Crippen LogP contribution in [0.25, 0.3) is 0 Å². The van der Waals surface area contributed by atoms with Gasteiger partial charge in [0.15, 0.2) is 11.5 Å². The predicted molar refractivity (Wildman–Crippen MR) is 103 cm³/mol. The van der Waals surface area contributed by atoms with Gasteiger partial charge in [-0.1, -0.05) is 31.0 Å². The van der Waals surface area contributed by atoms with Gasteiger partial charge in [-0.25, -0.2) is 4.39 Å². The number of halogens is 3. The molecular weight excluding hydrogens is 409 g/mol. The van der Waals surface area contributed by atoms with E-state index in [4.69, 9.17) is 21.1 Å². The minimum Gasteiger partial charge on any atom is -0.493 e. The molecule has 0 aromatic heterocycles. The van der Waals surface area contributed by atoms with Crippen LogP contribution >= 0.6 is 27.5 Å².